The van der Waals surface area contributed by atoms with Crippen LogP contribution in [0.25, 0.3) is 0 Å². The van der Waals surface area contributed by atoms with Crippen molar-refractivity contribution in [1.82, 2.24) is 5.32 Å². The maximum atomic E-state index is 6.12. The summed E-state index contributed by atoms with van der Waals surface area (Å²) >= 11 is 1.95. The van der Waals surface area contributed by atoms with E-state index in [4.69, 9.17) is 4.74 Å². The Morgan fingerprint density at radius 3 is 2.82 bits per heavy atom. The Morgan fingerprint density at radius 1 is 1.35 bits per heavy atom. The first-order chi connectivity index (χ1) is 8.24. The van der Waals surface area contributed by atoms with Gasteiger partial charge in [0, 0.05) is 24.4 Å². The molecule has 2 unspecified atom stereocenters. The van der Waals surface area contributed by atoms with Crippen molar-refractivity contribution >= 4 is 11.8 Å². The number of nitrogens with one attached hydrogen (secondary N) is 1. The van der Waals surface area contributed by atoms with Crippen LogP contribution >= 0.6 is 11.8 Å². The van der Waals surface area contributed by atoms with E-state index in [1.807, 2.05) is 11.8 Å². The van der Waals surface area contributed by atoms with Crippen LogP contribution < -0.4 is 5.32 Å². The van der Waals surface area contributed by atoms with E-state index in [0.717, 1.165) is 18.4 Å². The zero-order chi connectivity index (χ0) is 12.1. The monoisotopic (exact) mass is 257 g/mol. The summed E-state index contributed by atoms with van der Waals surface area (Å²) in [5.74, 6) is 0. The lowest BCUT2D eigenvalue weighted by Gasteiger charge is -2.44. The fraction of sp³-hybridized carbons (Fsp3) is 1.00. The summed E-state index contributed by atoms with van der Waals surface area (Å²) in [6.45, 7) is 4.40. The maximum Gasteiger partial charge on any atom is 0.0697 e. The lowest BCUT2D eigenvalue weighted by atomic mass is 9.78. The summed E-state index contributed by atoms with van der Waals surface area (Å²) in [5.41, 5.74) is 0.247. The molecule has 100 valence electrons. The van der Waals surface area contributed by atoms with E-state index in [1.54, 1.807) is 0 Å². The first-order valence-corrected chi connectivity index (χ1v) is 8.43. The summed E-state index contributed by atoms with van der Waals surface area (Å²) in [6.07, 6.45) is 11.4. The first-order valence-electron chi connectivity index (χ1n) is 7.14. The van der Waals surface area contributed by atoms with Crippen molar-refractivity contribution in [3.63, 3.8) is 0 Å². The van der Waals surface area contributed by atoms with Gasteiger partial charge in [-0.3, -0.25) is 0 Å². The molecular formula is C14H27NOS. The molecule has 2 fully saturated rings. The highest BCUT2D eigenvalue weighted by atomic mass is 32.2. The van der Waals surface area contributed by atoms with E-state index in [-0.39, 0.29) is 5.60 Å². The molecule has 2 atom stereocenters. The van der Waals surface area contributed by atoms with Gasteiger partial charge in [-0.05, 0) is 31.9 Å². The Morgan fingerprint density at radius 2 is 2.12 bits per heavy atom. The van der Waals surface area contributed by atoms with Gasteiger partial charge in [0.2, 0.25) is 0 Å². The number of thioether (sulfide) groups is 1. The molecule has 1 saturated heterocycles. The number of ether oxygens (including phenoxy) is 1. The van der Waals surface area contributed by atoms with E-state index >= 15 is 0 Å². The van der Waals surface area contributed by atoms with Crippen molar-refractivity contribution in [2.24, 2.45) is 0 Å². The minimum absolute atomic E-state index is 0.247. The van der Waals surface area contributed by atoms with Crippen molar-refractivity contribution in [3.05, 3.63) is 0 Å². The predicted octanol–water partition coefficient (Wildman–Crippen LogP) is 3.21. The molecule has 2 nitrogen and oxygen atoms in total. The Hall–Kier alpha value is 0.270. The smallest absolute Gasteiger partial charge is 0.0697 e. The molecule has 1 saturated carbocycles. The minimum Gasteiger partial charge on any atom is -0.375 e. The van der Waals surface area contributed by atoms with Crippen LogP contribution in [0.15, 0.2) is 0 Å². The van der Waals surface area contributed by atoms with Gasteiger partial charge in [-0.15, -0.1) is 0 Å². The molecule has 2 aliphatic rings. The average molecular weight is 257 g/mol. The third-order valence-electron chi connectivity index (χ3n) is 4.35. The fourth-order valence-electron chi connectivity index (χ4n) is 3.16. The second kappa shape index (κ2) is 6.44. The Bertz CT molecular complexity index is 223. The van der Waals surface area contributed by atoms with E-state index < -0.39 is 0 Å². The standard InChI is InChI=1S/C14H27NOS/c1-12(17-2)11-15-13-6-9-16-14(10-13)7-4-3-5-8-14/h12-13,15H,3-11H2,1-2H3. The van der Waals surface area contributed by atoms with E-state index in [1.165, 1.54) is 44.9 Å². The second-order valence-corrected chi connectivity index (χ2v) is 7.01. The van der Waals surface area contributed by atoms with Crippen molar-refractivity contribution in [1.29, 1.82) is 0 Å². The molecule has 1 aliphatic carbocycles. The lowest BCUT2D eigenvalue weighted by Crippen LogP contribution is -2.48. The quantitative estimate of drug-likeness (QED) is 0.835. The molecule has 1 aliphatic heterocycles. The molecule has 0 radical (unpaired) electrons. The molecule has 0 amide bonds. The van der Waals surface area contributed by atoms with Gasteiger partial charge in [-0.1, -0.05) is 26.2 Å². The summed E-state index contributed by atoms with van der Waals surface area (Å²) in [6, 6.07) is 0.691. The van der Waals surface area contributed by atoms with Crippen molar-refractivity contribution < 1.29 is 4.74 Å². The highest BCUT2D eigenvalue weighted by Crippen LogP contribution is 2.38. The van der Waals surface area contributed by atoms with Crippen LogP contribution in [-0.4, -0.2) is 36.3 Å². The number of hydrogen-bond acceptors (Lipinski definition) is 3. The molecule has 1 spiro atoms. The van der Waals surface area contributed by atoms with Crippen LogP contribution in [0.1, 0.15) is 51.9 Å². The van der Waals surface area contributed by atoms with Crippen LogP contribution in [-0.2, 0) is 4.74 Å². The highest BCUT2D eigenvalue weighted by molar-refractivity contribution is 7.99. The Balaban J connectivity index is 1.79. The van der Waals surface area contributed by atoms with Gasteiger partial charge in [0.1, 0.15) is 0 Å². The van der Waals surface area contributed by atoms with Gasteiger partial charge in [0.15, 0.2) is 0 Å². The van der Waals surface area contributed by atoms with E-state index in [2.05, 4.69) is 18.5 Å². The first kappa shape index (κ1) is 13.7. The average Bonchev–Trinajstić information content (AvgIpc) is 2.37. The maximum absolute atomic E-state index is 6.12. The van der Waals surface area contributed by atoms with Crippen LogP contribution in [0.2, 0.25) is 0 Å². The highest BCUT2D eigenvalue weighted by Gasteiger charge is 2.38. The van der Waals surface area contributed by atoms with Gasteiger partial charge in [-0.2, -0.15) is 11.8 Å². The van der Waals surface area contributed by atoms with Crippen molar-refractivity contribution in [3.8, 4) is 0 Å². The largest absolute Gasteiger partial charge is 0.375 e. The van der Waals surface area contributed by atoms with Crippen molar-refractivity contribution in [2.75, 3.05) is 19.4 Å². The molecular weight excluding hydrogens is 230 g/mol. The molecule has 1 heterocycles. The van der Waals surface area contributed by atoms with E-state index in [9.17, 15) is 0 Å². The lowest BCUT2D eigenvalue weighted by molar-refractivity contribution is -0.109. The normalized spacial score (nSPS) is 30.4. The van der Waals surface area contributed by atoms with Gasteiger partial charge in [0.05, 0.1) is 5.60 Å². The number of rotatable bonds is 4. The van der Waals surface area contributed by atoms with Crippen LogP contribution in [0.5, 0.6) is 0 Å². The van der Waals surface area contributed by atoms with E-state index in [0.29, 0.717) is 6.04 Å². The molecule has 0 aromatic heterocycles. The van der Waals surface area contributed by atoms with Crippen LogP contribution in [0.3, 0.4) is 0 Å². The van der Waals surface area contributed by atoms with Crippen LogP contribution in [0.4, 0.5) is 0 Å². The second-order valence-electron chi connectivity index (χ2n) is 5.74. The van der Waals surface area contributed by atoms with Crippen LogP contribution in [0, 0.1) is 0 Å². The van der Waals surface area contributed by atoms with Gasteiger partial charge in [0.25, 0.3) is 0 Å². The zero-order valence-corrected chi connectivity index (χ0v) is 12.2. The molecule has 2 rings (SSSR count). The zero-order valence-electron chi connectivity index (χ0n) is 11.3. The molecule has 0 bridgehead atoms. The SMILES string of the molecule is CSC(C)CNC1CCOC2(CCCCC2)C1. The van der Waals surface area contributed by atoms with Gasteiger partial charge in [-0.25, -0.2) is 0 Å². The molecule has 1 N–H and O–H groups in total. The molecule has 0 aromatic carbocycles. The minimum atomic E-state index is 0.247. The third kappa shape index (κ3) is 3.87. The topological polar surface area (TPSA) is 21.3 Å². The summed E-state index contributed by atoms with van der Waals surface area (Å²) in [5, 5.41) is 4.47. The van der Waals surface area contributed by atoms with Gasteiger partial charge < -0.3 is 10.1 Å². The molecule has 17 heavy (non-hydrogen) atoms. The summed E-state index contributed by atoms with van der Waals surface area (Å²) < 4.78 is 6.12. The molecule has 3 heteroatoms. The third-order valence-corrected chi connectivity index (χ3v) is 5.33. The molecule has 0 aromatic rings. The Kier molecular flexibility index (Phi) is 5.19. The Labute approximate surface area is 110 Å². The van der Waals surface area contributed by atoms with Gasteiger partial charge >= 0.3 is 0 Å². The predicted molar refractivity (Wildman–Crippen MR) is 75.8 cm³/mol. The summed E-state index contributed by atoms with van der Waals surface area (Å²) in [4.78, 5) is 0. The fourth-order valence-corrected chi connectivity index (χ4v) is 3.43. The number of hydrogen-bond donors (Lipinski definition) is 1. The summed E-state index contributed by atoms with van der Waals surface area (Å²) in [7, 11) is 0. The van der Waals surface area contributed by atoms with Crippen molar-refractivity contribution in [2.45, 2.75) is 68.8 Å².